The number of carbonyl (C=O) groups excluding carboxylic acids is 1. The molecule has 3 aromatic heterocycles. The van der Waals surface area contributed by atoms with E-state index in [4.69, 9.17) is 9.97 Å². The highest BCUT2D eigenvalue weighted by Crippen LogP contribution is 2.33. The molecule has 0 bridgehead atoms. The number of rotatable bonds is 8. The minimum Gasteiger partial charge on any atom is -0.453 e. The molecule has 9 heteroatoms. The first-order chi connectivity index (χ1) is 18.9. The number of anilines is 2. The lowest BCUT2D eigenvalue weighted by Crippen LogP contribution is -2.29. The fraction of sp³-hybridized carbons (Fsp3) is 0.433. The van der Waals surface area contributed by atoms with Crippen molar-refractivity contribution in [3.05, 3.63) is 58.7 Å². The molecule has 9 nitrogen and oxygen atoms in total. The molecule has 3 heterocycles. The van der Waals surface area contributed by atoms with Gasteiger partial charge in [-0.1, -0.05) is 32.4 Å². The molecule has 39 heavy (non-hydrogen) atoms. The molecule has 5 rings (SSSR count). The summed E-state index contributed by atoms with van der Waals surface area (Å²) < 4.78 is 4.65. The number of pyridine rings is 1. The number of aromatic nitrogens is 5. The Morgan fingerprint density at radius 1 is 1.15 bits per heavy atom. The first kappa shape index (κ1) is 26.6. The van der Waals surface area contributed by atoms with Crippen molar-refractivity contribution in [2.75, 3.05) is 23.9 Å². The molecule has 1 atom stereocenters. The second-order valence-corrected chi connectivity index (χ2v) is 10.4. The first-order valence-corrected chi connectivity index (χ1v) is 13.8. The van der Waals surface area contributed by atoms with E-state index in [-0.39, 0.29) is 0 Å². The van der Waals surface area contributed by atoms with Crippen molar-refractivity contribution in [2.24, 2.45) is 5.92 Å². The van der Waals surface area contributed by atoms with Gasteiger partial charge in [0.1, 0.15) is 11.6 Å². The van der Waals surface area contributed by atoms with Gasteiger partial charge in [0.05, 0.1) is 12.6 Å². The van der Waals surface area contributed by atoms with E-state index in [0.29, 0.717) is 17.5 Å². The molecular weight excluding hydrogens is 490 g/mol. The number of ether oxygens (including phenoxy) is 1. The number of nitrogens with zero attached hydrogens (tertiary/aromatic N) is 5. The van der Waals surface area contributed by atoms with Gasteiger partial charge in [-0.05, 0) is 74.3 Å². The Kier molecular flexibility index (Phi) is 7.77. The monoisotopic (exact) mass is 527 g/mol. The molecule has 0 spiro atoms. The molecule has 1 aliphatic rings. The van der Waals surface area contributed by atoms with E-state index in [1.165, 1.54) is 42.3 Å². The summed E-state index contributed by atoms with van der Waals surface area (Å²) in [4.78, 5) is 35.8. The van der Waals surface area contributed by atoms with Crippen LogP contribution in [0.1, 0.15) is 61.3 Å². The third kappa shape index (κ3) is 5.72. The zero-order valence-electron chi connectivity index (χ0n) is 23.5. The average Bonchev–Trinajstić information content (AvgIpc) is 3.34. The van der Waals surface area contributed by atoms with E-state index >= 15 is 0 Å². The highest BCUT2D eigenvalue weighted by atomic mass is 16.5. The number of H-pyrrole nitrogens is 1. The van der Waals surface area contributed by atoms with E-state index < -0.39 is 6.09 Å². The van der Waals surface area contributed by atoms with Crippen LogP contribution >= 0.6 is 0 Å². The van der Waals surface area contributed by atoms with Crippen LogP contribution < -0.4 is 10.2 Å². The third-order valence-corrected chi connectivity index (χ3v) is 7.62. The van der Waals surface area contributed by atoms with E-state index in [1.807, 2.05) is 19.2 Å². The molecule has 0 saturated heterocycles. The Labute approximate surface area is 229 Å². The number of imidazole rings is 1. The number of aryl methyl sites for hydroxylation is 2. The predicted molar refractivity (Wildman–Crippen MR) is 154 cm³/mol. The maximum Gasteiger partial charge on any atom is 0.413 e. The standard InChI is InChI=1S/C30H37N7O2/c1-6-12-37(28-24-11-9-20(7-2)13-25(24)32-19(4)33-28)17-23-14-21(10-8-18(23)3)22-15-26-27(31-16-22)35-29(34-26)36-30(38)39-5/h8,10,14-16,20H,6-7,9,11-13,17H2,1-5H3,(H2,31,34,35,36,38)/t20-/m0/s1. The first-order valence-electron chi connectivity index (χ1n) is 13.8. The minimum atomic E-state index is -0.584. The quantitative estimate of drug-likeness (QED) is 0.283. The van der Waals surface area contributed by atoms with Gasteiger partial charge in [0.25, 0.3) is 0 Å². The van der Waals surface area contributed by atoms with Gasteiger partial charge < -0.3 is 14.6 Å². The van der Waals surface area contributed by atoms with Crippen LogP contribution in [0.5, 0.6) is 0 Å². The Bertz CT molecular complexity index is 1500. The van der Waals surface area contributed by atoms with Crippen molar-refractivity contribution in [3.63, 3.8) is 0 Å². The van der Waals surface area contributed by atoms with Crippen LogP contribution in [0.2, 0.25) is 0 Å². The van der Waals surface area contributed by atoms with Crippen molar-refractivity contribution < 1.29 is 9.53 Å². The van der Waals surface area contributed by atoms with E-state index in [1.54, 1.807) is 0 Å². The van der Waals surface area contributed by atoms with E-state index in [2.05, 4.69) is 68.9 Å². The summed E-state index contributed by atoms with van der Waals surface area (Å²) in [5, 5.41) is 2.55. The zero-order valence-corrected chi connectivity index (χ0v) is 23.5. The minimum absolute atomic E-state index is 0.301. The summed E-state index contributed by atoms with van der Waals surface area (Å²) in [6.45, 7) is 10.4. The maximum atomic E-state index is 11.6. The Balaban J connectivity index is 1.45. The summed E-state index contributed by atoms with van der Waals surface area (Å²) >= 11 is 0. The summed E-state index contributed by atoms with van der Waals surface area (Å²) in [5.41, 5.74) is 8.38. The number of amides is 1. The average molecular weight is 528 g/mol. The molecule has 0 aliphatic heterocycles. The van der Waals surface area contributed by atoms with Crippen LogP contribution in [0.25, 0.3) is 22.3 Å². The molecule has 0 unspecified atom stereocenters. The number of hydrogen-bond donors (Lipinski definition) is 2. The topological polar surface area (TPSA) is 109 Å². The lowest BCUT2D eigenvalue weighted by molar-refractivity contribution is 0.186. The molecule has 0 saturated carbocycles. The molecule has 204 valence electrons. The Morgan fingerprint density at radius 2 is 2.00 bits per heavy atom. The number of aromatic amines is 1. The van der Waals surface area contributed by atoms with Crippen molar-refractivity contribution in [2.45, 2.75) is 66.3 Å². The number of fused-ring (bicyclic) bond motifs is 2. The lowest BCUT2D eigenvalue weighted by atomic mass is 9.85. The Morgan fingerprint density at radius 3 is 2.77 bits per heavy atom. The normalized spacial score (nSPS) is 14.7. The fourth-order valence-corrected chi connectivity index (χ4v) is 5.42. The van der Waals surface area contributed by atoms with Crippen LogP contribution in [0.15, 0.2) is 30.5 Å². The smallest absolute Gasteiger partial charge is 0.413 e. The van der Waals surface area contributed by atoms with Crippen molar-refractivity contribution in [1.82, 2.24) is 24.9 Å². The number of methoxy groups -OCH3 is 1. The van der Waals surface area contributed by atoms with E-state index in [0.717, 1.165) is 60.6 Å². The van der Waals surface area contributed by atoms with Crippen LogP contribution in [0.3, 0.4) is 0 Å². The molecule has 1 aliphatic carbocycles. The molecule has 2 N–H and O–H groups in total. The Hall–Kier alpha value is -4.01. The van der Waals surface area contributed by atoms with Gasteiger partial charge in [-0.25, -0.2) is 19.7 Å². The summed E-state index contributed by atoms with van der Waals surface area (Å²) in [5.74, 6) is 2.97. The van der Waals surface area contributed by atoms with Crippen LogP contribution in [-0.4, -0.2) is 44.7 Å². The SMILES string of the molecule is CCCN(Cc1cc(-c2cnc3nc(NC(=O)OC)[nH]c3c2)ccc1C)c1nc(C)nc2c1CC[C@H](CC)C2. The zero-order chi connectivity index (χ0) is 27.5. The molecule has 0 radical (unpaired) electrons. The number of carbonyl (C=O) groups is 1. The summed E-state index contributed by atoms with van der Waals surface area (Å²) in [6.07, 6.45) is 6.78. The molecular formula is C30H37N7O2. The van der Waals surface area contributed by atoms with Gasteiger partial charge in [0, 0.05) is 36.1 Å². The van der Waals surface area contributed by atoms with Crippen LogP contribution in [0.4, 0.5) is 16.6 Å². The van der Waals surface area contributed by atoms with Gasteiger partial charge in [-0.2, -0.15) is 4.98 Å². The lowest BCUT2D eigenvalue weighted by Gasteiger charge is -2.31. The van der Waals surface area contributed by atoms with Crippen LogP contribution in [0, 0.1) is 19.8 Å². The highest BCUT2D eigenvalue weighted by Gasteiger charge is 2.25. The number of nitrogens with one attached hydrogen (secondary N) is 2. The van der Waals surface area contributed by atoms with Gasteiger partial charge in [0.2, 0.25) is 5.95 Å². The van der Waals surface area contributed by atoms with Gasteiger partial charge in [-0.15, -0.1) is 0 Å². The maximum absolute atomic E-state index is 11.6. The fourth-order valence-electron chi connectivity index (χ4n) is 5.42. The highest BCUT2D eigenvalue weighted by molar-refractivity contribution is 5.86. The number of hydrogen-bond acceptors (Lipinski definition) is 7. The third-order valence-electron chi connectivity index (χ3n) is 7.62. The van der Waals surface area contributed by atoms with Crippen molar-refractivity contribution in [1.29, 1.82) is 0 Å². The molecule has 1 amide bonds. The summed E-state index contributed by atoms with van der Waals surface area (Å²) in [6, 6.07) is 8.54. The van der Waals surface area contributed by atoms with Crippen molar-refractivity contribution >= 4 is 29.0 Å². The van der Waals surface area contributed by atoms with Crippen LogP contribution in [-0.2, 0) is 24.1 Å². The van der Waals surface area contributed by atoms with E-state index in [9.17, 15) is 4.79 Å². The summed E-state index contributed by atoms with van der Waals surface area (Å²) in [7, 11) is 1.31. The van der Waals surface area contributed by atoms with Gasteiger partial charge in [-0.3, -0.25) is 5.32 Å². The molecule has 4 aromatic rings. The molecule has 0 fully saturated rings. The number of benzene rings is 1. The second-order valence-electron chi connectivity index (χ2n) is 10.4. The second kappa shape index (κ2) is 11.4. The van der Waals surface area contributed by atoms with Gasteiger partial charge in [0.15, 0.2) is 5.65 Å². The largest absolute Gasteiger partial charge is 0.453 e. The predicted octanol–water partition coefficient (Wildman–Crippen LogP) is 6.14. The molecule has 1 aromatic carbocycles. The van der Waals surface area contributed by atoms with Crippen molar-refractivity contribution in [3.8, 4) is 11.1 Å². The van der Waals surface area contributed by atoms with Gasteiger partial charge >= 0.3 is 6.09 Å².